The Bertz CT molecular complexity index is 4890. The molecular weight excluding hydrogens is 1120 g/mol. The van der Waals surface area contributed by atoms with E-state index in [1.54, 1.807) is 22.7 Å². The number of aryl methyl sites for hydroxylation is 1. The van der Waals surface area contributed by atoms with Crippen LogP contribution in [0.25, 0.3) is 86.9 Å². The van der Waals surface area contributed by atoms with Gasteiger partial charge in [-0.25, -0.2) is 0 Å². The quantitative estimate of drug-likeness (QED) is 0.153. The van der Waals surface area contributed by atoms with E-state index in [2.05, 4.69) is 315 Å². The minimum Gasteiger partial charge on any atom is -0.311 e. The summed E-state index contributed by atoms with van der Waals surface area (Å²) in [6, 6.07) is 85.8. The summed E-state index contributed by atoms with van der Waals surface area (Å²) in [6.45, 7) is 26.0. The fourth-order valence-corrected chi connectivity index (χ4v) is 17.4. The van der Waals surface area contributed by atoms with Crippen molar-refractivity contribution >= 4 is 100 Å². The summed E-state index contributed by atoms with van der Waals surface area (Å²) in [5.74, 6) is 0. The Hall–Kier alpha value is -9.00. The molecule has 0 atom stereocenters. The molecule has 0 saturated carbocycles. The summed E-state index contributed by atoms with van der Waals surface area (Å²) < 4.78 is 2.60. The van der Waals surface area contributed by atoms with Crippen LogP contribution in [0, 0.1) is 6.92 Å². The smallest absolute Gasteiger partial charge is 0.252 e. The highest BCUT2D eigenvalue weighted by atomic mass is 32.1. The molecule has 2 aliphatic heterocycles. The van der Waals surface area contributed by atoms with Crippen molar-refractivity contribution in [3.05, 3.63) is 268 Å². The first-order chi connectivity index (χ1) is 43.2. The Balaban J connectivity index is 0.928. The summed E-state index contributed by atoms with van der Waals surface area (Å²) in [5.41, 5.74) is 35.0. The van der Waals surface area contributed by atoms with Gasteiger partial charge in [0.15, 0.2) is 0 Å². The van der Waals surface area contributed by atoms with Crippen molar-refractivity contribution in [2.45, 2.75) is 97.8 Å². The first kappa shape index (κ1) is 55.1. The molecule has 2 aromatic heterocycles. The molecule has 90 heavy (non-hydrogen) atoms. The van der Waals surface area contributed by atoms with Crippen LogP contribution in [0.5, 0.6) is 0 Å². The van der Waals surface area contributed by atoms with Crippen LogP contribution in [0.1, 0.15) is 108 Å². The highest BCUT2D eigenvalue weighted by Gasteiger charge is 2.45. The summed E-state index contributed by atoms with van der Waals surface area (Å²) in [4.78, 5) is 5.29. The van der Waals surface area contributed by atoms with E-state index < -0.39 is 0 Å². The van der Waals surface area contributed by atoms with Gasteiger partial charge < -0.3 is 9.80 Å². The van der Waals surface area contributed by atoms with Gasteiger partial charge in [0.25, 0.3) is 6.71 Å². The van der Waals surface area contributed by atoms with Gasteiger partial charge >= 0.3 is 0 Å². The van der Waals surface area contributed by atoms with Gasteiger partial charge in [-0.2, -0.15) is 0 Å². The van der Waals surface area contributed by atoms with Crippen LogP contribution in [0.3, 0.4) is 0 Å². The number of anilines is 6. The van der Waals surface area contributed by atoms with Gasteiger partial charge in [0.05, 0.1) is 0 Å². The third-order valence-corrected chi connectivity index (χ3v) is 22.5. The predicted molar refractivity (Wildman–Crippen MR) is 390 cm³/mol. The molecule has 0 bridgehead atoms. The van der Waals surface area contributed by atoms with Crippen LogP contribution < -0.4 is 26.2 Å². The van der Waals surface area contributed by atoms with Crippen molar-refractivity contribution < 1.29 is 0 Å². The number of benzene rings is 11. The number of rotatable bonds is 6. The minimum absolute atomic E-state index is 0.0637. The molecule has 0 saturated heterocycles. The van der Waals surface area contributed by atoms with Crippen LogP contribution >= 0.6 is 22.7 Å². The maximum absolute atomic E-state index is 2.65. The molecule has 2 nitrogen and oxygen atoms in total. The van der Waals surface area contributed by atoms with E-state index in [1.165, 1.54) is 165 Å². The van der Waals surface area contributed by atoms with Crippen LogP contribution in [0.4, 0.5) is 34.1 Å². The SMILES string of the molecule is Cc1cc2c3c(c1)N(c1cc(-c4ccc5c(c4)C(C)(C)c4ccccc4-5)cc(-c4ccc5sccc5c4)c1)c1ccc(C(C)(C)C)cc1B3c1cc(C(C)(C)C)ccc1N2c1cc(-c2ccc3c(c2)C(C)(C)c2ccccc2-3)cc(-c2ccc3sccc3c2)c1. The molecule has 4 heterocycles. The maximum Gasteiger partial charge on any atom is 0.252 e. The lowest BCUT2D eigenvalue weighted by atomic mass is 9.33. The maximum atomic E-state index is 2.65. The van der Waals surface area contributed by atoms with E-state index in [-0.39, 0.29) is 28.4 Å². The van der Waals surface area contributed by atoms with Crippen LogP contribution in [-0.2, 0) is 21.7 Å². The molecule has 0 fully saturated rings. The summed E-state index contributed by atoms with van der Waals surface area (Å²) >= 11 is 3.61. The standard InChI is InChI=1S/C85H71BN2S2/c1-50-36-77-81-78(37-50)88(64-43-58(52-23-31-80-56(39-52)33-35-90-80)41-60(45-64)54-21-27-68-66-17-13-15-19-70(66)85(10,11)72(68)47-54)76-29-25-62(83(5,6)7)49-74(76)86(81)73-48-61(82(2,3)4)24-28-75(73)87(77)63-42-57(51-22-30-79-55(38-51)32-34-89-79)40-59(44-63)53-20-26-67-65-16-12-14-18-69(65)84(8,9)71(67)46-53/h12-49H,1-11H3. The Morgan fingerprint density at radius 2 is 0.733 bits per heavy atom. The number of hydrogen-bond acceptors (Lipinski definition) is 4. The third kappa shape index (κ3) is 8.42. The van der Waals surface area contributed by atoms with Crippen molar-refractivity contribution in [1.82, 2.24) is 0 Å². The fourth-order valence-electron chi connectivity index (χ4n) is 15.8. The molecule has 4 aliphatic rings. The molecule has 0 radical (unpaired) electrons. The molecule has 17 rings (SSSR count). The second kappa shape index (κ2) is 19.5. The number of thiophene rings is 2. The zero-order chi connectivity index (χ0) is 61.5. The van der Waals surface area contributed by atoms with Crippen LogP contribution in [0.15, 0.2) is 229 Å². The number of hydrogen-bond donors (Lipinski definition) is 0. The molecule has 0 amide bonds. The van der Waals surface area contributed by atoms with Crippen LogP contribution in [0.2, 0.25) is 0 Å². The fraction of sp³-hybridized carbons (Fsp3) is 0.176. The van der Waals surface area contributed by atoms with Crippen molar-refractivity contribution in [1.29, 1.82) is 0 Å². The zero-order valence-corrected chi connectivity index (χ0v) is 54.9. The lowest BCUT2D eigenvalue weighted by molar-refractivity contribution is 0.590. The molecule has 2 aliphatic carbocycles. The van der Waals surface area contributed by atoms with E-state index in [0.717, 1.165) is 11.4 Å². The van der Waals surface area contributed by atoms with Gasteiger partial charge in [0.2, 0.25) is 0 Å². The first-order valence-electron chi connectivity index (χ1n) is 32.0. The van der Waals surface area contributed by atoms with Crippen LogP contribution in [-0.4, -0.2) is 6.71 Å². The van der Waals surface area contributed by atoms with Crippen molar-refractivity contribution in [3.8, 4) is 66.8 Å². The van der Waals surface area contributed by atoms with Crippen molar-refractivity contribution in [2.75, 3.05) is 9.80 Å². The average molecular weight is 1200 g/mol. The van der Waals surface area contributed by atoms with E-state index in [4.69, 9.17) is 0 Å². The third-order valence-electron chi connectivity index (χ3n) is 20.7. The lowest BCUT2D eigenvalue weighted by Gasteiger charge is -2.45. The predicted octanol–water partition coefficient (Wildman–Crippen LogP) is 22.4. The number of nitrogens with zero attached hydrogens (tertiary/aromatic N) is 2. The Morgan fingerprint density at radius 3 is 1.16 bits per heavy atom. The monoisotopic (exact) mass is 1190 g/mol. The van der Waals surface area contributed by atoms with Gasteiger partial charge in [-0.3, -0.25) is 0 Å². The van der Waals surface area contributed by atoms with Crippen molar-refractivity contribution in [2.24, 2.45) is 0 Å². The lowest BCUT2D eigenvalue weighted by Crippen LogP contribution is -2.61. The van der Waals surface area contributed by atoms with Gasteiger partial charge in [0.1, 0.15) is 0 Å². The largest absolute Gasteiger partial charge is 0.311 e. The second-order valence-electron chi connectivity index (χ2n) is 29.1. The second-order valence-corrected chi connectivity index (χ2v) is 31.0. The zero-order valence-electron chi connectivity index (χ0n) is 53.2. The molecular formula is C85H71BN2S2. The van der Waals surface area contributed by atoms with Gasteiger partial charge in [0, 0.05) is 54.4 Å². The summed E-state index contributed by atoms with van der Waals surface area (Å²) in [7, 11) is 0. The van der Waals surface area contributed by atoms with Crippen molar-refractivity contribution in [3.63, 3.8) is 0 Å². The van der Waals surface area contributed by atoms with Gasteiger partial charge in [-0.1, -0.05) is 178 Å². The highest BCUT2D eigenvalue weighted by Crippen LogP contribution is 2.54. The number of fused-ring (bicyclic) bond motifs is 12. The highest BCUT2D eigenvalue weighted by molar-refractivity contribution is 7.17. The van der Waals surface area contributed by atoms with Gasteiger partial charge in [-0.15, -0.1) is 22.7 Å². The topological polar surface area (TPSA) is 6.48 Å². The minimum atomic E-state index is -0.143. The summed E-state index contributed by atoms with van der Waals surface area (Å²) in [5, 5.41) is 6.98. The Kier molecular flexibility index (Phi) is 11.9. The van der Waals surface area contributed by atoms with E-state index in [0.29, 0.717) is 0 Å². The molecule has 0 spiro atoms. The van der Waals surface area contributed by atoms with E-state index in [1.807, 2.05) is 0 Å². The Labute approximate surface area is 538 Å². The molecule has 13 aromatic rings. The van der Waals surface area contributed by atoms with E-state index >= 15 is 0 Å². The molecule has 436 valence electrons. The van der Waals surface area contributed by atoms with Gasteiger partial charge in [-0.05, 0) is 271 Å². The first-order valence-corrected chi connectivity index (χ1v) is 33.8. The van der Waals surface area contributed by atoms with E-state index in [9.17, 15) is 0 Å². The molecule has 11 aromatic carbocycles. The Morgan fingerprint density at radius 1 is 0.344 bits per heavy atom. The molecule has 5 heteroatoms. The molecule has 0 unspecified atom stereocenters. The molecule has 0 N–H and O–H groups in total. The average Bonchev–Trinajstić information content (AvgIpc) is 0.974. The summed E-state index contributed by atoms with van der Waals surface area (Å²) in [6.07, 6.45) is 0. The normalized spacial score (nSPS) is 14.7.